The van der Waals surface area contributed by atoms with Gasteiger partial charge in [-0.05, 0) is 12.5 Å². The third-order valence-corrected chi connectivity index (χ3v) is 4.38. The van der Waals surface area contributed by atoms with Gasteiger partial charge in [-0.15, -0.1) is 0 Å². The van der Waals surface area contributed by atoms with E-state index in [1.807, 2.05) is 11.0 Å². The van der Waals surface area contributed by atoms with Crippen LogP contribution in [0.1, 0.15) is 24.0 Å². The lowest BCUT2D eigenvalue weighted by atomic mass is 10.0. The first-order chi connectivity index (χ1) is 10.7. The van der Waals surface area contributed by atoms with Crippen LogP contribution in [0, 0.1) is 6.92 Å². The lowest BCUT2D eigenvalue weighted by Crippen LogP contribution is -2.49. The number of likely N-dealkylation sites (tertiary alicyclic amines) is 1. The maximum absolute atomic E-state index is 12.2. The summed E-state index contributed by atoms with van der Waals surface area (Å²) < 4.78 is 11.4. The molecule has 1 spiro atoms. The molecule has 2 aliphatic heterocycles. The Hall–Kier alpha value is -1.43. The van der Waals surface area contributed by atoms with Crippen LogP contribution in [0.15, 0.2) is 24.3 Å². The predicted molar refractivity (Wildman–Crippen MR) is 83.3 cm³/mol. The van der Waals surface area contributed by atoms with Gasteiger partial charge in [0.1, 0.15) is 0 Å². The summed E-state index contributed by atoms with van der Waals surface area (Å²) in [6, 6.07) is 8.33. The number of rotatable bonds is 4. The van der Waals surface area contributed by atoms with E-state index in [1.165, 1.54) is 11.1 Å². The fourth-order valence-corrected chi connectivity index (χ4v) is 3.13. The van der Waals surface area contributed by atoms with Gasteiger partial charge in [-0.1, -0.05) is 29.8 Å². The zero-order chi connectivity index (χ0) is 15.4. The molecule has 0 atom stereocenters. The minimum atomic E-state index is -0.411. The molecule has 0 aromatic heterocycles. The number of carbonyl (C=O) groups is 1. The van der Waals surface area contributed by atoms with Crippen molar-refractivity contribution in [1.29, 1.82) is 0 Å². The Balaban J connectivity index is 1.41. The van der Waals surface area contributed by atoms with E-state index in [9.17, 15) is 4.79 Å². The van der Waals surface area contributed by atoms with Crippen molar-refractivity contribution in [1.82, 2.24) is 10.2 Å². The number of carbonyl (C=O) groups excluding carboxylic acids is 1. The number of hydrogen-bond donors (Lipinski definition) is 1. The first kappa shape index (κ1) is 15.5. The van der Waals surface area contributed by atoms with E-state index in [2.05, 4.69) is 30.4 Å². The smallest absolute Gasteiger partial charge is 0.236 e. The van der Waals surface area contributed by atoms with Gasteiger partial charge in [-0.3, -0.25) is 4.79 Å². The lowest BCUT2D eigenvalue weighted by molar-refractivity contribution is -0.187. The number of aryl methyl sites for hydroxylation is 1. The molecule has 0 radical (unpaired) electrons. The van der Waals surface area contributed by atoms with Crippen LogP contribution in [0.5, 0.6) is 0 Å². The summed E-state index contributed by atoms with van der Waals surface area (Å²) in [5.41, 5.74) is 2.45. The second-order valence-electron chi connectivity index (χ2n) is 6.08. The zero-order valence-electron chi connectivity index (χ0n) is 13.1. The monoisotopic (exact) mass is 304 g/mol. The molecule has 0 saturated carbocycles. The molecule has 2 fully saturated rings. The highest BCUT2D eigenvalue weighted by Gasteiger charge is 2.40. The van der Waals surface area contributed by atoms with Gasteiger partial charge in [0.15, 0.2) is 5.79 Å². The SMILES string of the molecule is Cc1cccc(CNCC(=O)N2CCC3(CC2)OCCO3)c1. The van der Waals surface area contributed by atoms with Crippen molar-refractivity contribution in [2.45, 2.75) is 32.1 Å². The fraction of sp³-hybridized carbons (Fsp3) is 0.588. The standard InChI is InChI=1S/C17H24N2O3/c1-14-3-2-4-15(11-14)12-18-13-16(20)19-7-5-17(6-8-19)21-9-10-22-17/h2-4,11,18H,5-10,12-13H2,1H3. The van der Waals surface area contributed by atoms with Gasteiger partial charge in [-0.25, -0.2) is 0 Å². The van der Waals surface area contributed by atoms with Crippen molar-refractivity contribution in [2.75, 3.05) is 32.8 Å². The third kappa shape index (κ3) is 3.66. The Morgan fingerprint density at radius 3 is 2.68 bits per heavy atom. The number of piperidine rings is 1. The first-order valence-electron chi connectivity index (χ1n) is 7.99. The number of amides is 1. The molecular formula is C17H24N2O3. The van der Waals surface area contributed by atoms with E-state index < -0.39 is 5.79 Å². The summed E-state index contributed by atoms with van der Waals surface area (Å²) in [6.45, 7) is 5.94. The average Bonchev–Trinajstić information content (AvgIpc) is 2.96. The molecule has 3 rings (SSSR count). The molecule has 120 valence electrons. The third-order valence-electron chi connectivity index (χ3n) is 4.38. The molecular weight excluding hydrogens is 280 g/mol. The Bertz CT molecular complexity index is 516. The molecule has 1 N–H and O–H groups in total. The minimum absolute atomic E-state index is 0.153. The topological polar surface area (TPSA) is 50.8 Å². The van der Waals surface area contributed by atoms with Gasteiger partial charge in [0.05, 0.1) is 19.8 Å². The molecule has 0 bridgehead atoms. The van der Waals surface area contributed by atoms with Crippen LogP contribution >= 0.6 is 0 Å². The Morgan fingerprint density at radius 1 is 1.27 bits per heavy atom. The Labute approximate surface area is 131 Å². The summed E-state index contributed by atoms with van der Waals surface area (Å²) in [7, 11) is 0. The van der Waals surface area contributed by atoms with Gasteiger partial charge in [-0.2, -0.15) is 0 Å². The summed E-state index contributed by atoms with van der Waals surface area (Å²) in [5.74, 6) is -0.258. The van der Waals surface area contributed by atoms with Crippen molar-refractivity contribution >= 4 is 5.91 Å². The highest BCUT2D eigenvalue weighted by atomic mass is 16.7. The average molecular weight is 304 g/mol. The second kappa shape index (κ2) is 6.77. The molecule has 22 heavy (non-hydrogen) atoms. The largest absolute Gasteiger partial charge is 0.347 e. The molecule has 0 aliphatic carbocycles. The van der Waals surface area contributed by atoms with Crippen LogP contribution in [0.25, 0.3) is 0 Å². The van der Waals surface area contributed by atoms with Gasteiger partial charge in [0.2, 0.25) is 5.91 Å². The normalized spacial score (nSPS) is 20.5. The van der Waals surface area contributed by atoms with E-state index in [-0.39, 0.29) is 5.91 Å². The lowest BCUT2D eigenvalue weighted by Gasteiger charge is -2.37. The van der Waals surface area contributed by atoms with Crippen LogP contribution in [0.2, 0.25) is 0 Å². The summed E-state index contributed by atoms with van der Waals surface area (Å²) >= 11 is 0. The van der Waals surface area contributed by atoms with Crippen LogP contribution in [-0.2, 0) is 20.8 Å². The highest BCUT2D eigenvalue weighted by molar-refractivity contribution is 5.78. The number of nitrogens with one attached hydrogen (secondary N) is 1. The van der Waals surface area contributed by atoms with Gasteiger partial charge in [0, 0.05) is 32.5 Å². The van der Waals surface area contributed by atoms with Crippen LogP contribution in [0.4, 0.5) is 0 Å². The summed E-state index contributed by atoms with van der Waals surface area (Å²) in [5, 5.41) is 3.23. The number of hydrogen-bond acceptors (Lipinski definition) is 4. The van der Waals surface area contributed by atoms with Crippen molar-refractivity contribution < 1.29 is 14.3 Å². The quantitative estimate of drug-likeness (QED) is 0.915. The predicted octanol–water partition coefficient (Wildman–Crippen LogP) is 1.45. The van der Waals surface area contributed by atoms with E-state index >= 15 is 0 Å². The first-order valence-corrected chi connectivity index (χ1v) is 7.99. The number of benzene rings is 1. The second-order valence-corrected chi connectivity index (χ2v) is 6.08. The Morgan fingerprint density at radius 2 is 2.00 bits per heavy atom. The van der Waals surface area contributed by atoms with Crippen LogP contribution in [-0.4, -0.2) is 49.4 Å². The molecule has 2 aliphatic rings. The molecule has 0 unspecified atom stereocenters. The highest BCUT2D eigenvalue weighted by Crippen LogP contribution is 2.31. The van der Waals surface area contributed by atoms with Crippen molar-refractivity contribution in [3.05, 3.63) is 35.4 Å². The Kier molecular flexibility index (Phi) is 4.76. The molecule has 5 nitrogen and oxygen atoms in total. The molecule has 1 amide bonds. The maximum Gasteiger partial charge on any atom is 0.236 e. The number of ether oxygens (including phenoxy) is 2. The molecule has 5 heteroatoms. The van der Waals surface area contributed by atoms with E-state index in [0.717, 1.165) is 19.4 Å². The molecule has 2 heterocycles. The van der Waals surface area contributed by atoms with Gasteiger partial charge >= 0.3 is 0 Å². The molecule has 1 aromatic rings. The minimum Gasteiger partial charge on any atom is -0.347 e. The van der Waals surface area contributed by atoms with Crippen molar-refractivity contribution in [3.63, 3.8) is 0 Å². The summed E-state index contributed by atoms with van der Waals surface area (Å²) in [4.78, 5) is 14.1. The molecule has 1 aromatic carbocycles. The van der Waals surface area contributed by atoms with E-state index in [4.69, 9.17) is 9.47 Å². The van der Waals surface area contributed by atoms with Crippen molar-refractivity contribution in [3.8, 4) is 0 Å². The van der Waals surface area contributed by atoms with E-state index in [1.54, 1.807) is 0 Å². The molecule has 2 saturated heterocycles. The summed E-state index contributed by atoms with van der Waals surface area (Å²) in [6.07, 6.45) is 1.55. The number of nitrogens with zero attached hydrogens (tertiary/aromatic N) is 1. The van der Waals surface area contributed by atoms with Gasteiger partial charge in [0.25, 0.3) is 0 Å². The van der Waals surface area contributed by atoms with E-state index in [0.29, 0.717) is 32.8 Å². The van der Waals surface area contributed by atoms with Crippen LogP contribution in [0.3, 0.4) is 0 Å². The zero-order valence-corrected chi connectivity index (χ0v) is 13.1. The van der Waals surface area contributed by atoms with Crippen LogP contribution < -0.4 is 5.32 Å². The fourth-order valence-electron chi connectivity index (χ4n) is 3.13. The maximum atomic E-state index is 12.2. The van der Waals surface area contributed by atoms with Gasteiger partial charge < -0.3 is 19.7 Å². The van der Waals surface area contributed by atoms with Crippen molar-refractivity contribution in [2.24, 2.45) is 0 Å².